The Morgan fingerprint density at radius 2 is 1.88 bits per heavy atom. The molecule has 0 saturated heterocycles. The fourth-order valence-electron chi connectivity index (χ4n) is 2.02. The predicted molar refractivity (Wildman–Crippen MR) is 95.7 cm³/mol. The van der Waals surface area contributed by atoms with Gasteiger partial charge in [0.1, 0.15) is 11.4 Å². The summed E-state index contributed by atoms with van der Waals surface area (Å²) in [4.78, 5) is 16.6. The second-order valence-corrected chi connectivity index (χ2v) is 5.57. The van der Waals surface area contributed by atoms with Crippen molar-refractivity contribution in [1.82, 2.24) is 5.16 Å². The highest BCUT2D eigenvalue weighted by molar-refractivity contribution is 6.30. The molecule has 3 aromatic rings. The van der Waals surface area contributed by atoms with Gasteiger partial charge in [-0.25, -0.2) is 4.79 Å². The molecule has 3 rings (SSSR count). The molecule has 0 bridgehead atoms. The van der Waals surface area contributed by atoms with Gasteiger partial charge in [-0.2, -0.15) is 0 Å². The van der Waals surface area contributed by atoms with Gasteiger partial charge in [0.25, 0.3) is 0 Å². The Morgan fingerprint density at radius 1 is 1.16 bits per heavy atom. The second-order valence-electron chi connectivity index (χ2n) is 5.13. The third kappa shape index (κ3) is 4.45. The first kappa shape index (κ1) is 16.7. The summed E-state index contributed by atoms with van der Waals surface area (Å²) in [5.74, 6) is 0.415. The number of anilines is 1. The van der Waals surface area contributed by atoms with E-state index < -0.39 is 6.09 Å². The number of nitrogens with one attached hydrogen (secondary N) is 1. The largest absolute Gasteiger partial charge is 0.437 e. The lowest BCUT2D eigenvalue weighted by Gasteiger charge is -2.02. The third-order valence-electron chi connectivity index (χ3n) is 3.29. The van der Waals surface area contributed by atoms with Crippen molar-refractivity contribution in [2.24, 2.45) is 5.16 Å². The van der Waals surface area contributed by atoms with E-state index in [0.29, 0.717) is 27.9 Å². The van der Waals surface area contributed by atoms with Crippen LogP contribution in [0.4, 0.5) is 10.5 Å². The highest BCUT2D eigenvalue weighted by atomic mass is 35.5. The molecule has 0 spiro atoms. The zero-order valence-corrected chi connectivity index (χ0v) is 14.0. The van der Waals surface area contributed by atoms with Gasteiger partial charge in [0.15, 0.2) is 5.76 Å². The van der Waals surface area contributed by atoms with Crippen LogP contribution in [0.1, 0.15) is 12.7 Å². The zero-order chi connectivity index (χ0) is 17.6. The van der Waals surface area contributed by atoms with Gasteiger partial charge in [-0.3, -0.25) is 10.2 Å². The summed E-state index contributed by atoms with van der Waals surface area (Å²) in [5.41, 5.74) is 2.54. The number of hydrogen-bond acceptors (Lipinski definition) is 5. The fraction of sp³-hybridized carbons (Fsp3) is 0.0556. The summed E-state index contributed by atoms with van der Waals surface area (Å²) in [5, 5.41) is 10.9. The van der Waals surface area contributed by atoms with Crippen molar-refractivity contribution in [1.29, 1.82) is 0 Å². The quantitative estimate of drug-likeness (QED) is 0.407. The van der Waals surface area contributed by atoms with Crippen molar-refractivity contribution in [3.63, 3.8) is 0 Å². The molecule has 6 nitrogen and oxygen atoms in total. The molecular formula is C18H14ClN3O3. The maximum Gasteiger partial charge on any atom is 0.437 e. The summed E-state index contributed by atoms with van der Waals surface area (Å²) in [6.45, 7) is 1.66. The van der Waals surface area contributed by atoms with Crippen LogP contribution in [-0.2, 0) is 4.84 Å². The van der Waals surface area contributed by atoms with Crippen molar-refractivity contribution in [3.8, 4) is 11.3 Å². The minimum absolute atomic E-state index is 0.390. The SMILES string of the molecule is C/C(=N/OC(=O)Nc1ccc(Cl)cc1)c1cc(-c2ccccc2)no1. The maximum absolute atomic E-state index is 11.7. The Hall–Kier alpha value is -3.12. The lowest BCUT2D eigenvalue weighted by atomic mass is 10.1. The van der Waals surface area contributed by atoms with Crippen LogP contribution in [0.2, 0.25) is 5.02 Å². The monoisotopic (exact) mass is 355 g/mol. The van der Waals surface area contributed by atoms with Crippen LogP contribution in [0.25, 0.3) is 11.3 Å². The lowest BCUT2D eigenvalue weighted by molar-refractivity contribution is 0.166. The Balaban J connectivity index is 1.62. The van der Waals surface area contributed by atoms with Gasteiger partial charge in [-0.05, 0) is 31.2 Å². The first-order valence-corrected chi connectivity index (χ1v) is 7.80. The van der Waals surface area contributed by atoms with E-state index in [4.69, 9.17) is 21.0 Å². The van der Waals surface area contributed by atoms with Crippen molar-refractivity contribution in [3.05, 3.63) is 71.4 Å². The topological polar surface area (TPSA) is 76.7 Å². The van der Waals surface area contributed by atoms with Crippen LogP contribution < -0.4 is 5.32 Å². The van der Waals surface area contributed by atoms with Gasteiger partial charge in [-0.1, -0.05) is 52.2 Å². The number of amides is 1. The summed E-state index contributed by atoms with van der Waals surface area (Å²) < 4.78 is 5.24. The molecule has 0 atom stereocenters. The van der Waals surface area contributed by atoms with Crippen LogP contribution in [0, 0.1) is 0 Å². The number of halogens is 1. The van der Waals surface area contributed by atoms with E-state index in [-0.39, 0.29) is 0 Å². The number of rotatable bonds is 4. The summed E-state index contributed by atoms with van der Waals surface area (Å²) >= 11 is 5.78. The van der Waals surface area contributed by atoms with Crippen molar-refractivity contribution in [2.45, 2.75) is 6.92 Å². The molecule has 1 heterocycles. The molecule has 0 radical (unpaired) electrons. The van der Waals surface area contributed by atoms with E-state index in [1.165, 1.54) is 0 Å². The predicted octanol–water partition coefficient (Wildman–Crippen LogP) is 4.97. The van der Waals surface area contributed by atoms with Gasteiger partial charge in [0.2, 0.25) is 0 Å². The van der Waals surface area contributed by atoms with Crippen molar-refractivity contribution >= 4 is 29.1 Å². The molecule has 1 amide bonds. The number of carbonyl (C=O) groups excluding carboxylic acids is 1. The van der Waals surface area contributed by atoms with E-state index in [2.05, 4.69) is 15.6 Å². The minimum atomic E-state index is -0.718. The molecule has 2 aromatic carbocycles. The fourth-order valence-corrected chi connectivity index (χ4v) is 2.15. The Kier molecular flexibility index (Phi) is 5.11. The average molecular weight is 356 g/mol. The Morgan fingerprint density at radius 3 is 2.60 bits per heavy atom. The number of benzene rings is 2. The molecule has 7 heteroatoms. The first-order valence-electron chi connectivity index (χ1n) is 7.42. The number of nitrogens with zero attached hydrogens (tertiary/aromatic N) is 2. The summed E-state index contributed by atoms with van der Waals surface area (Å²) in [7, 11) is 0. The molecule has 0 aliphatic carbocycles. The molecule has 0 unspecified atom stereocenters. The molecule has 126 valence electrons. The molecule has 0 aliphatic heterocycles. The van der Waals surface area contributed by atoms with E-state index >= 15 is 0 Å². The molecule has 1 N–H and O–H groups in total. The second kappa shape index (κ2) is 7.63. The maximum atomic E-state index is 11.7. The van der Waals surface area contributed by atoms with Crippen LogP contribution in [0.3, 0.4) is 0 Å². The van der Waals surface area contributed by atoms with Gasteiger partial charge in [-0.15, -0.1) is 0 Å². The summed E-state index contributed by atoms with van der Waals surface area (Å²) in [6.07, 6.45) is -0.718. The van der Waals surface area contributed by atoms with E-state index in [1.54, 1.807) is 37.3 Å². The van der Waals surface area contributed by atoms with E-state index in [1.807, 2.05) is 30.3 Å². The molecule has 0 aliphatic rings. The van der Waals surface area contributed by atoms with Crippen molar-refractivity contribution in [2.75, 3.05) is 5.32 Å². The van der Waals surface area contributed by atoms with Gasteiger partial charge >= 0.3 is 6.09 Å². The summed E-state index contributed by atoms with van der Waals surface area (Å²) in [6, 6.07) is 17.9. The normalized spacial score (nSPS) is 11.2. The first-order chi connectivity index (χ1) is 12.1. The van der Waals surface area contributed by atoms with Crippen LogP contribution in [-0.4, -0.2) is 17.0 Å². The minimum Gasteiger partial charge on any atom is -0.354 e. The highest BCUT2D eigenvalue weighted by Gasteiger charge is 2.10. The standard InChI is InChI=1S/C18H14ClN3O3/c1-12(17-11-16(22-24-17)13-5-3-2-4-6-13)21-25-18(23)20-15-9-7-14(19)8-10-15/h2-11H,1H3,(H,20,23)/b21-12-. The van der Waals surface area contributed by atoms with E-state index in [0.717, 1.165) is 5.56 Å². The van der Waals surface area contributed by atoms with Gasteiger partial charge in [0, 0.05) is 22.3 Å². The smallest absolute Gasteiger partial charge is 0.354 e. The lowest BCUT2D eigenvalue weighted by Crippen LogP contribution is -2.11. The third-order valence-corrected chi connectivity index (χ3v) is 3.54. The average Bonchev–Trinajstić information content (AvgIpc) is 3.13. The van der Waals surface area contributed by atoms with Crippen molar-refractivity contribution < 1.29 is 14.2 Å². The van der Waals surface area contributed by atoms with Crippen LogP contribution in [0.5, 0.6) is 0 Å². The zero-order valence-electron chi connectivity index (χ0n) is 13.3. The molecule has 0 fully saturated rings. The van der Waals surface area contributed by atoms with Gasteiger partial charge < -0.3 is 4.52 Å². The van der Waals surface area contributed by atoms with Crippen LogP contribution >= 0.6 is 11.6 Å². The number of carbonyl (C=O) groups is 1. The van der Waals surface area contributed by atoms with Gasteiger partial charge in [0.05, 0.1) is 0 Å². The molecule has 0 saturated carbocycles. The van der Waals surface area contributed by atoms with E-state index in [9.17, 15) is 4.79 Å². The van der Waals surface area contributed by atoms with Crippen LogP contribution in [0.15, 0.2) is 70.3 Å². The highest BCUT2D eigenvalue weighted by Crippen LogP contribution is 2.19. The number of hydrogen-bond donors (Lipinski definition) is 1. The Bertz CT molecular complexity index is 889. The Labute approximate surface area is 149 Å². The molecule has 25 heavy (non-hydrogen) atoms. The molecular weight excluding hydrogens is 342 g/mol. The molecule has 1 aromatic heterocycles. The number of oxime groups is 1. The number of aromatic nitrogens is 1.